The Kier molecular flexibility index (Phi) is 8.73. The molecular weight excluding hydrogens is 512 g/mol. The van der Waals surface area contributed by atoms with E-state index >= 15 is 0 Å². The maximum Gasteiger partial charge on any atom is 0.251 e. The zero-order chi connectivity index (χ0) is 27.2. The summed E-state index contributed by atoms with van der Waals surface area (Å²) >= 11 is 5.69. The molecule has 1 aliphatic heterocycles. The van der Waals surface area contributed by atoms with Crippen LogP contribution in [0.1, 0.15) is 47.2 Å². The van der Waals surface area contributed by atoms with Crippen LogP contribution in [0.5, 0.6) is 0 Å². The first-order valence-electron chi connectivity index (χ1n) is 12.4. The highest BCUT2D eigenvalue weighted by molar-refractivity contribution is 6.30. The molecule has 3 amide bonds. The Labute approximate surface area is 225 Å². The minimum absolute atomic E-state index is 0.0168. The first-order chi connectivity index (χ1) is 18.2. The van der Waals surface area contributed by atoms with Gasteiger partial charge >= 0.3 is 0 Å². The van der Waals surface area contributed by atoms with E-state index < -0.39 is 23.6 Å². The van der Waals surface area contributed by atoms with Crippen LogP contribution in [-0.4, -0.2) is 41.8 Å². The molecule has 0 saturated carbocycles. The Balaban J connectivity index is 1.25. The molecule has 3 aromatic carbocycles. The summed E-state index contributed by atoms with van der Waals surface area (Å²) in [4.78, 5) is 39.3. The predicted molar refractivity (Wildman–Crippen MR) is 142 cm³/mol. The third-order valence-corrected chi connectivity index (χ3v) is 6.95. The van der Waals surface area contributed by atoms with E-state index in [1.807, 2.05) is 24.3 Å². The molecule has 4 rings (SSSR count). The lowest BCUT2D eigenvalue weighted by Crippen LogP contribution is -2.49. The molecule has 38 heavy (non-hydrogen) atoms. The summed E-state index contributed by atoms with van der Waals surface area (Å²) < 4.78 is 26.7. The molecule has 0 radical (unpaired) electrons. The molecule has 198 valence electrons. The van der Waals surface area contributed by atoms with Gasteiger partial charge in [-0.05, 0) is 85.3 Å². The molecule has 1 fully saturated rings. The van der Waals surface area contributed by atoms with Crippen molar-refractivity contribution in [2.75, 3.05) is 18.4 Å². The summed E-state index contributed by atoms with van der Waals surface area (Å²) in [5.74, 6) is -1.55. The second-order valence-corrected chi connectivity index (χ2v) is 9.80. The number of rotatable bonds is 7. The van der Waals surface area contributed by atoms with Crippen LogP contribution in [0.15, 0.2) is 66.7 Å². The smallest absolute Gasteiger partial charge is 0.251 e. The number of nitrogens with zero attached hydrogens (tertiary/aromatic N) is 1. The van der Waals surface area contributed by atoms with Crippen LogP contribution in [0.25, 0.3) is 0 Å². The van der Waals surface area contributed by atoms with Gasteiger partial charge in [-0.1, -0.05) is 29.8 Å². The predicted octanol–water partition coefficient (Wildman–Crippen LogP) is 5.32. The van der Waals surface area contributed by atoms with Crippen molar-refractivity contribution in [3.05, 3.63) is 100 Å². The number of hydrogen-bond acceptors (Lipinski definition) is 3. The molecule has 3 aromatic rings. The SMILES string of the molecule is CC(NC(=O)c1ccc(F)cc1)C(=O)N1CCC(c2ccc(NC(=O)Cc3ccc(Cl)c(F)c3)cc2)CC1. The maximum absolute atomic E-state index is 13.6. The van der Waals surface area contributed by atoms with E-state index in [1.54, 1.807) is 17.9 Å². The molecule has 0 aliphatic carbocycles. The van der Waals surface area contributed by atoms with E-state index in [0.717, 1.165) is 18.4 Å². The van der Waals surface area contributed by atoms with Crippen molar-refractivity contribution >= 4 is 35.0 Å². The van der Waals surface area contributed by atoms with E-state index in [-0.39, 0.29) is 29.2 Å². The van der Waals surface area contributed by atoms with Gasteiger partial charge in [-0.15, -0.1) is 0 Å². The molecule has 9 heteroatoms. The molecule has 0 aromatic heterocycles. The van der Waals surface area contributed by atoms with Crippen LogP contribution in [0.3, 0.4) is 0 Å². The number of hydrogen-bond donors (Lipinski definition) is 2. The number of likely N-dealkylation sites (tertiary alicyclic amines) is 1. The molecule has 2 N–H and O–H groups in total. The summed E-state index contributed by atoms with van der Waals surface area (Å²) in [6.45, 7) is 2.78. The number of carbonyl (C=O) groups excluding carboxylic acids is 3. The molecule has 1 aliphatic rings. The van der Waals surface area contributed by atoms with Crippen molar-refractivity contribution in [1.29, 1.82) is 0 Å². The quantitative estimate of drug-likeness (QED) is 0.426. The monoisotopic (exact) mass is 539 g/mol. The van der Waals surface area contributed by atoms with Gasteiger partial charge in [0.05, 0.1) is 11.4 Å². The van der Waals surface area contributed by atoms with Crippen LogP contribution in [0.4, 0.5) is 14.5 Å². The molecule has 0 spiro atoms. The first-order valence-corrected chi connectivity index (χ1v) is 12.8. The first kappa shape index (κ1) is 27.3. The summed E-state index contributed by atoms with van der Waals surface area (Å²) in [5.41, 5.74) is 2.59. The highest BCUT2D eigenvalue weighted by atomic mass is 35.5. The fourth-order valence-corrected chi connectivity index (χ4v) is 4.65. The van der Waals surface area contributed by atoms with Gasteiger partial charge in [0.2, 0.25) is 11.8 Å². The van der Waals surface area contributed by atoms with Crippen LogP contribution in [0.2, 0.25) is 5.02 Å². The highest BCUT2D eigenvalue weighted by Crippen LogP contribution is 2.29. The summed E-state index contributed by atoms with van der Waals surface area (Å²) in [7, 11) is 0. The van der Waals surface area contributed by atoms with E-state index in [4.69, 9.17) is 11.6 Å². The molecule has 1 atom stereocenters. The number of piperidine rings is 1. The van der Waals surface area contributed by atoms with Gasteiger partial charge < -0.3 is 15.5 Å². The number of nitrogens with one attached hydrogen (secondary N) is 2. The second kappa shape index (κ2) is 12.2. The Bertz CT molecular complexity index is 1310. The largest absolute Gasteiger partial charge is 0.341 e. The highest BCUT2D eigenvalue weighted by Gasteiger charge is 2.27. The zero-order valence-electron chi connectivity index (χ0n) is 20.8. The van der Waals surface area contributed by atoms with Crippen molar-refractivity contribution in [3.8, 4) is 0 Å². The topological polar surface area (TPSA) is 78.5 Å². The van der Waals surface area contributed by atoms with Gasteiger partial charge in [0.15, 0.2) is 0 Å². The average molecular weight is 540 g/mol. The van der Waals surface area contributed by atoms with Gasteiger partial charge in [0.1, 0.15) is 17.7 Å². The summed E-state index contributed by atoms with van der Waals surface area (Å²) in [6.07, 6.45) is 1.58. The lowest BCUT2D eigenvalue weighted by Gasteiger charge is -2.34. The lowest BCUT2D eigenvalue weighted by molar-refractivity contribution is -0.133. The van der Waals surface area contributed by atoms with E-state index in [1.165, 1.54) is 36.4 Å². The van der Waals surface area contributed by atoms with E-state index in [9.17, 15) is 23.2 Å². The number of amides is 3. The molecule has 1 unspecified atom stereocenters. The zero-order valence-corrected chi connectivity index (χ0v) is 21.6. The molecule has 1 saturated heterocycles. The van der Waals surface area contributed by atoms with E-state index in [0.29, 0.717) is 29.9 Å². The molecular formula is C29H28ClF2N3O3. The fourth-order valence-electron chi connectivity index (χ4n) is 4.53. The fraction of sp³-hybridized carbons (Fsp3) is 0.276. The molecule has 1 heterocycles. The van der Waals surface area contributed by atoms with Crippen LogP contribution < -0.4 is 10.6 Å². The average Bonchev–Trinajstić information content (AvgIpc) is 2.91. The number of halogens is 3. The van der Waals surface area contributed by atoms with E-state index in [2.05, 4.69) is 10.6 Å². The Morgan fingerprint density at radius 2 is 1.63 bits per heavy atom. The van der Waals surface area contributed by atoms with Gasteiger partial charge in [-0.2, -0.15) is 0 Å². The number of anilines is 1. The lowest BCUT2D eigenvalue weighted by atomic mass is 9.89. The number of carbonyl (C=O) groups is 3. The molecule has 0 bridgehead atoms. The Morgan fingerprint density at radius 1 is 0.974 bits per heavy atom. The van der Waals surface area contributed by atoms with Gasteiger partial charge in [0.25, 0.3) is 5.91 Å². The Hall–Kier alpha value is -3.78. The van der Waals surface area contributed by atoms with Gasteiger partial charge in [0, 0.05) is 24.3 Å². The summed E-state index contributed by atoms with van der Waals surface area (Å²) in [5, 5.41) is 5.52. The minimum Gasteiger partial charge on any atom is -0.341 e. The van der Waals surface area contributed by atoms with Crippen molar-refractivity contribution in [2.24, 2.45) is 0 Å². The number of benzene rings is 3. The van der Waals surface area contributed by atoms with Gasteiger partial charge in [-0.3, -0.25) is 14.4 Å². The van der Waals surface area contributed by atoms with Crippen LogP contribution >= 0.6 is 11.6 Å². The third-order valence-electron chi connectivity index (χ3n) is 6.65. The van der Waals surface area contributed by atoms with Gasteiger partial charge in [-0.25, -0.2) is 8.78 Å². The van der Waals surface area contributed by atoms with Crippen molar-refractivity contribution in [3.63, 3.8) is 0 Å². The maximum atomic E-state index is 13.6. The second-order valence-electron chi connectivity index (χ2n) is 9.40. The Morgan fingerprint density at radius 3 is 2.26 bits per heavy atom. The normalized spacial score (nSPS) is 14.6. The third kappa shape index (κ3) is 6.95. The molecule has 6 nitrogen and oxygen atoms in total. The minimum atomic E-state index is -0.698. The van der Waals surface area contributed by atoms with Crippen LogP contribution in [-0.2, 0) is 16.0 Å². The standard InChI is InChI=1S/C29H28ClF2N3O3/c1-18(33-28(37)22-3-7-23(31)8-4-22)29(38)35-14-12-21(13-15-35)20-5-9-24(10-6-20)34-27(36)17-19-2-11-25(30)26(32)16-19/h2-11,16,18,21H,12-15,17H2,1H3,(H,33,37)(H,34,36). The van der Waals surface area contributed by atoms with Crippen LogP contribution in [0, 0.1) is 11.6 Å². The summed E-state index contributed by atoms with van der Waals surface area (Å²) in [6, 6.07) is 16.4. The van der Waals surface area contributed by atoms with Crippen molar-refractivity contribution in [2.45, 2.75) is 38.1 Å². The van der Waals surface area contributed by atoms with Crippen molar-refractivity contribution < 1.29 is 23.2 Å². The van der Waals surface area contributed by atoms with Crippen molar-refractivity contribution in [1.82, 2.24) is 10.2 Å².